The van der Waals surface area contributed by atoms with Crippen LogP contribution in [0.1, 0.15) is 0 Å². The SMILES string of the molecule is CN(CC(F)(F)F)C(=O)C(=O)OCC(F)=C(F)F. The lowest BCUT2D eigenvalue weighted by Gasteiger charge is -2.17. The first-order chi connectivity index (χ1) is 8.04. The smallest absolute Gasteiger partial charge is 0.406 e. The fourth-order valence-electron chi connectivity index (χ4n) is 0.742. The van der Waals surface area contributed by atoms with Gasteiger partial charge in [0.2, 0.25) is 5.83 Å². The van der Waals surface area contributed by atoms with Crippen molar-refractivity contribution in [1.29, 1.82) is 0 Å². The van der Waals surface area contributed by atoms with Crippen LogP contribution in [-0.2, 0) is 14.3 Å². The molecule has 0 aliphatic carbocycles. The average Bonchev–Trinajstić information content (AvgIpc) is 2.21. The van der Waals surface area contributed by atoms with Gasteiger partial charge in [0.1, 0.15) is 13.2 Å². The number of hydrogen-bond donors (Lipinski definition) is 0. The van der Waals surface area contributed by atoms with Crippen LogP contribution in [0.15, 0.2) is 11.9 Å². The fraction of sp³-hybridized carbons (Fsp3) is 0.500. The zero-order valence-corrected chi connectivity index (χ0v) is 8.85. The highest BCUT2D eigenvalue weighted by atomic mass is 19.4. The number of nitrogens with zero attached hydrogens (tertiary/aromatic N) is 1. The molecule has 0 rings (SSSR count). The van der Waals surface area contributed by atoms with E-state index in [1.165, 1.54) is 0 Å². The van der Waals surface area contributed by atoms with Crippen molar-refractivity contribution >= 4 is 11.9 Å². The Bertz CT molecular complexity index is 360. The van der Waals surface area contributed by atoms with Crippen molar-refractivity contribution in [3.05, 3.63) is 11.9 Å². The summed E-state index contributed by atoms with van der Waals surface area (Å²) in [5.41, 5.74) is 0. The second-order valence-electron chi connectivity index (χ2n) is 3.02. The second-order valence-corrected chi connectivity index (χ2v) is 3.02. The van der Waals surface area contributed by atoms with Crippen LogP contribution in [0.5, 0.6) is 0 Å². The van der Waals surface area contributed by atoms with Gasteiger partial charge >= 0.3 is 24.1 Å². The third-order valence-electron chi connectivity index (χ3n) is 1.47. The van der Waals surface area contributed by atoms with E-state index in [1.54, 1.807) is 0 Å². The fourth-order valence-corrected chi connectivity index (χ4v) is 0.742. The summed E-state index contributed by atoms with van der Waals surface area (Å²) in [5.74, 6) is -5.67. The summed E-state index contributed by atoms with van der Waals surface area (Å²) in [6.07, 6.45) is -7.49. The van der Waals surface area contributed by atoms with Gasteiger partial charge in [-0.05, 0) is 0 Å². The maximum atomic E-state index is 12.2. The van der Waals surface area contributed by atoms with Crippen LogP contribution in [0.3, 0.4) is 0 Å². The van der Waals surface area contributed by atoms with E-state index in [0.29, 0.717) is 7.05 Å². The van der Waals surface area contributed by atoms with Crippen molar-refractivity contribution in [3.63, 3.8) is 0 Å². The Balaban J connectivity index is 4.36. The Labute approximate surface area is 96.8 Å². The van der Waals surface area contributed by atoms with Gasteiger partial charge in [-0.3, -0.25) is 4.79 Å². The zero-order valence-electron chi connectivity index (χ0n) is 8.85. The Morgan fingerprint density at radius 1 is 1.17 bits per heavy atom. The largest absolute Gasteiger partial charge is 0.451 e. The highest BCUT2D eigenvalue weighted by Gasteiger charge is 2.33. The summed E-state index contributed by atoms with van der Waals surface area (Å²) in [6, 6.07) is 0. The lowest BCUT2D eigenvalue weighted by atomic mass is 10.5. The molecule has 0 heterocycles. The maximum absolute atomic E-state index is 12.2. The molecule has 0 aliphatic heterocycles. The number of likely N-dealkylation sites (N-methyl/N-ethyl adjacent to an activating group) is 1. The van der Waals surface area contributed by atoms with Crippen molar-refractivity contribution in [2.75, 3.05) is 20.2 Å². The van der Waals surface area contributed by atoms with E-state index in [0.717, 1.165) is 0 Å². The van der Waals surface area contributed by atoms with Crippen molar-refractivity contribution in [2.24, 2.45) is 0 Å². The minimum Gasteiger partial charge on any atom is -0.451 e. The minimum absolute atomic E-state index is 0.0320. The summed E-state index contributed by atoms with van der Waals surface area (Å²) in [6.45, 7) is -3.25. The third kappa shape index (κ3) is 6.11. The van der Waals surface area contributed by atoms with Gasteiger partial charge in [0.15, 0.2) is 0 Å². The number of rotatable bonds is 3. The van der Waals surface area contributed by atoms with E-state index in [2.05, 4.69) is 4.74 Å². The molecule has 0 aliphatic rings. The average molecular weight is 279 g/mol. The number of carbonyl (C=O) groups is 2. The Hall–Kier alpha value is -1.74. The van der Waals surface area contributed by atoms with Gasteiger partial charge in [-0.1, -0.05) is 0 Å². The lowest BCUT2D eigenvalue weighted by Crippen LogP contribution is -2.40. The first-order valence-electron chi connectivity index (χ1n) is 4.23. The number of ether oxygens (including phenoxy) is 1. The monoisotopic (exact) mass is 279 g/mol. The molecule has 104 valence electrons. The molecule has 0 aromatic rings. The summed E-state index contributed by atoms with van der Waals surface area (Å²) in [7, 11) is 0.652. The number of alkyl halides is 3. The Morgan fingerprint density at radius 3 is 2.06 bits per heavy atom. The van der Waals surface area contributed by atoms with Crippen molar-refractivity contribution in [1.82, 2.24) is 4.90 Å². The molecule has 0 aromatic carbocycles. The molecule has 10 heteroatoms. The standard InChI is InChI=1S/C8H7F6NO3/c1-15(3-8(12,13)14)6(16)7(17)18-2-4(9)5(10)11/h2-3H2,1H3. The molecular weight excluding hydrogens is 272 g/mol. The zero-order chi connectivity index (χ0) is 14.5. The Morgan fingerprint density at radius 2 is 1.67 bits per heavy atom. The minimum atomic E-state index is -4.74. The van der Waals surface area contributed by atoms with Crippen LogP contribution in [0, 0.1) is 0 Å². The first kappa shape index (κ1) is 16.3. The van der Waals surface area contributed by atoms with E-state index in [1.807, 2.05) is 0 Å². The topological polar surface area (TPSA) is 46.6 Å². The molecule has 0 spiro atoms. The van der Waals surface area contributed by atoms with Crippen LogP contribution < -0.4 is 0 Å². The molecule has 4 nitrogen and oxygen atoms in total. The van der Waals surface area contributed by atoms with E-state index in [9.17, 15) is 35.9 Å². The van der Waals surface area contributed by atoms with Crippen LogP contribution >= 0.6 is 0 Å². The molecule has 0 N–H and O–H groups in total. The molecule has 0 aromatic heterocycles. The molecule has 0 radical (unpaired) electrons. The molecule has 0 saturated carbocycles. The predicted octanol–water partition coefficient (Wildman–Crippen LogP) is 1.63. The van der Waals surface area contributed by atoms with Gasteiger partial charge < -0.3 is 9.64 Å². The van der Waals surface area contributed by atoms with Crippen molar-refractivity contribution in [2.45, 2.75) is 6.18 Å². The first-order valence-corrected chi connectivity index (χ1v) is 4.23. The van der Waals surface area contributed by atoms with Crippen LogP contribution in [-0.4, -0.2) is 43.2 Å². The van der Waals surface area contributed by atoms with Crippen LogP contribution in [0.4, 0.5) is 26.3 Å². The molecule has 0 bridgehead atoms. The molecule has 0 fully saturated rings. The van der Waals surface area contributed by atoms with E-state index in [4.69, 9.17) is 0 Å². The van der Waals surface area contributed by atoms with Gasteiger partial charge in [-0.25, -0.2) is 9.18 Å². The van der Waals surface area contributed by atoms with E-state index in [-0.39, 0.29) is 4.90 Å². The summed E-state index contributed by atoms with van der Waals surface area (Å²) in [4.78, 5) is 21.7. The van der Waals surface area contributed by atoms with Gasteiger partial charge in [0, 0.05) is 7.05 Å². The molecule has 0 unspecified atom stereocenters. The number of esters is 1. The summed E-state index contributed by atoms with van der Waals surface area (Å²) in [5, 5.41) is 0. The van der Waals surface area contributed by atoms with Crippen LogP contribution in [0.25, 0.3) is 0 Å². The number of amides is 1. The normalized spacial score (nSPS) is 10.8. The van der Waals surface area contributed by atoms with Crippen LogP contribution in [0.2, 0.25) is 0 Å². The number of halogens is 6. The second kappa shape index (κ2) is 6.26. The highest BCUT2D eigenvalue weighted by molar-refractivity contribution is 6.32. The number of carbonyl (C=O) groups excluding carboxylic acids is 2. The molecule has 1 amide bonds. The number of hydrogen-bond acceptors (Lipinski definition) is 3. The summed E-state index contributed by atoms with van der Waals surface area (Å²) >= 11 is 0. The van der Waals surface area contributed by atoms with E-state index < -0.39 is 43.1 Å². The Kier molecular flexibility index (Phi) is 5.66. The van der Waals surface area contributed by atoms with Crippen molar-refractivity contribution < 1.29 is 40.7 Å². The molecule has 0 saturated heterocycles. The quantitative estimate of drug-likeness (QED) is 0.448. The molecule has 0 atom stereocenters. The highest BCUT2D eigenvalue weighted by Crippen LogP contribution is 2.15. The van der Waals surface area contributed by atoms with E-state index >= 15 is 0 Å². The lowest BCUT2D eigenvalue weighted by molar-refractivity contribution is -0.170. The van der Waals surface area contributed by atoms with Gasteiger partial charge in [-0.15, -0.1) is 0 Å². The predicted molar refractivity (Wildman–Crippen MR) is 45.0 cm³/mol. The molecule has 18 heavy (non-hydrogen) atoms. The van der Waals surface area contributed by atoms with Gasteiger partial charge in [-0.2, -0.15) is 22.0 Å². The maximum Gasteiger partial charge on any atom is 0.406 e. The van der Waals surface area contributed by atoms with Gasteiger partial charge in [0.25, 0.3) is 0 Å². The molecular formula is C8H7F6NO3. The van der Waals surface area contributed by atoms with Gasteiger partial charge in [0.05, 0.1) is 0 Å². The van der Waals surface area contributed by atoms with Crippen molar-refractivity contribution in [3.8, 4) is 0 Å². The summed E-state index contributed by atoms with van der Waals surface area (Å²) < 4.78 is 74.5. The third-order valence-corrected chi connectivity index (χ3v) is 1.47.